The molecule has 4 rings (SSSR count). The van der Waals surface area contributed by atoms with Crippen molar-refractivity contribution in [3.8, 4) is 17.2 Å². The van der Waals surface area contributed by atoms with Gasteiger partial charge in [-0.1, -0.05) is 42.5 Å². The van der Waals surface area contributed by atoms with Gasteiger partial charge in [-0.05, 0) is 35.4 Å². The lowest BCUT2D eigenvalue weighted by molar-refractivity contribution is 0.414. The highest BCUT2D eigenvalue weighted by atomic mass is 32.1. The van der Waals surface area contributed by atoms with Crippen LogP contribution in [-0.2, 0) is 13.0 Å². The first-order valence-corrected chi connectivity index (χ1v) is 9.58. The topological polar surface area (TPSA) is 47.3 Å². The van der Waals surface area contributed by atoms with Gasteiger partial charge in [0.15, 0.2) is 10.9 Å². The summed E-state index contributed by atoms with van der Waals surface area (Å²) in [6.45, 7) is 0.708. The summed E-state index contributed by atoms with van der Waals surface area (Å²) in [5, 5.41) is 4.32. The number of hydrogen-bond donors (Lipinski definition) is 1. The summed E-state index contributed by atoms with van der Waals surface area (Å²) in [6.07, 6.45) is 2.52. The minimum absolute atomic E-state index is 0.708. The van der Waals surface area contributed by atoms with Gasteiger partial charge in [0.05, 0.1) is 13.4 Å². The van der Waals surface area contributed by atoms with Crippen molar-refractivity contribution in [3.05, 3.63) is 89.0 Å². The van der Waals surface area contributed by atoms with Crippen LogP contribution in [0.15, 0.2) is 77.4 Å². The molecule has 5 heteroatoms. The molecular formula is C22H20N2O2S. The molecule has 0 spiro atoms. The van der Waals surface area contributed by atoms with Crippen molar-refractivity contribution in [2.45, 2.75) is 13.0 Å². The fourth-order valence-electron chi connectivity index (χ4n) is 2.86. The second kappa shape index (κ2) is 8.10. The number of nitrogens with one attached hydrogen (secondary N) is 1. The molecule has 0 radical (unpaired) electrons. The van der Waals surface area contributed by atoms with E-state index < -0.39 is 0 Å². The van der Waals surface area contributed by atoms with E-state index in [4.69, 9.17) is 14.1 Å². The van der Waals surface area contributed by atoms with E-state index in [0.717, 1.165) is 28.8 Å². The Hall–Kier alpha value is -3.05. The zero-order chi connectivity index (χ0) is 18.5. The normalized spacial score (nSPS) is 10.7. The lowest BCUT2D eigenvalue weighted by Crippen LogP contribution is -1.98. The number of anilines is 1. The fraction of sp³-hybridized carbons (Fsp3) is 0.136. The Balaban J connectivity index is 1.55. The molecule has 0 bridgehead atoms. The lowest BCUT2D eigenvalue weighted by Gasteiger charge is -2.04. The van der Waals surface area contributed by atoms with Crippen LogP contribution in [0.5, 0.6) is 5.75 Å². The van der Waals surface area contributed by atoms with Crippen molar-refractivity contribution in [2.24, 2.45) is 0 Å². The molecule has 0 aliphatic rings. The van der Waals surface area contributed by atoms with Crippen LogP contribution in [0.2, 0.25) is 0 Å². The molecule has 0 fully saturated rings. The molecule has 0 aliphatic heterocycles. The van der Waals surface area contributed by atoms with E-state index in [1.165, 1.54) is 16.0 Å². The predicted molar refractivity (Wildman–Crippen MR) is 109 cm³/mol. The van der Waals surface area contributed by atoms with E-state index in [1.807, 2.05) is 30.3 Å². The lowest BCUT2D eigenvalue weighted by atomic mass is 10.1. The molecule has 1 N–H and O–H groups in total. The zero-order valence-corrected chi connectivity index (χ0v) is 15.8. The van der Waals surface area contributed by atoms with Crippen LogP contribution in [0.3, 0.4) is 0 Å². The van der Waals surface area contributed by atoms with Gasteiger partial charge in [-0.3, -0.25) is 0 Å². The maximum absolute atomic E-state index is 5.60. The molecule has 0 saturated carbocycles. The second-order valence-corrected chi connectivity index (χ2v) is 7.22. The molecule has 0 unspecified atom stereocenters. The van der Waals surface area contributed by atoms with Gasteiger partial charge in [0.2, 0.25) is 0 Å². The van der Waals surface area contributed by atoms with Gasteiger partial charge >= 0.3 is 0 Å². The van der Waals surface area contributed by atoms with Crippen molar-refractivity contribution >= 4 is 16.5 Å². The van der Waals surface area contributed by atoms with Gasteiger partial charge in [0, 0.05) is 17.8 Å². The molecule has 0 saturated heterocycles. The first-order chi connectivity index (χ1) is 13.3. The Labute approximate surface area is 162 Å². The summed E-state index contributed by atoms with van der Waals surface area (Å²) in [5.41, 5.74) is 3.34. The Morgan fingerprint density at radius 3 is 2.48 bits per heavy atom. The number of thiazole rings is 1. The summed E-state index contributed by atoms with van der Waals surface area (Å²) < 4.78 is 10.8. The quantitative estimate of drug-likeness (QED) is 0.455. The predicted octanol–water partition coefficient (Wildman–Crippen LogP) is 5.61. The monoisotopic (exact) mass is 376 g/mol. The van der Waals surface area contributed by atoms with Crippen molar-refractivity contribution in [1.82, 2.24) is 4.98 Å². The third kappa shape index (κ3) is 4.20. The van der Waals surface area contributed by atoms with Crippen molar-refractivity contribution in [1.29, 1.82) is 0 Å². The van der Waals surface area contributed by atoms with Crippen LogP contribution >= 0.6 is 11.3 Å². The third-order valence-corrected chi connectivity index (χ3v) is 5.28. The number of hydrogen-bond acceptors (Lipinski definition) is 5. The minimum atomic E-state index is 0.708. The highest BCUT2D eigenvalue weighted by Gasteiger charge is 2.15. The van der Waals surface area contributed by atoms with Gasteiger partial charge in [0.1, 0.15) is 11.4 Å². The smallest absolute Gasteiger partial charge is 0.183 e. The first kappa shape index (κ1) is 17.4. The Kier molecular flexibility index (Phi) is 5.21. The standard InChI is InChI=1S/C22H20N2O2S/c1-25-18-11-9-17(10-12-18)15-23-22-24-21(19-8-5-13-26-19)20(27-22)14-16-6-3-2-4-7-16/h2-13H,14-15H2,1H3,(H,23,24). The number of nitrogens with zero attached hydrogens (tertiary/aromatic N) is 1. The van der Waals surface area contributed by atoms with Crippen LogP contribution in [0, 0.1) is 0 Å². The Morgan fingerprint density at radius 1 is 0.963 bits per heavy atom. The van der Waals surface area contributed by atoms with Crippen LogP contribution in [0.1, 0.15) is 16.0 Å². The van der Waals surface area contributed by atoms with Gasteiger partial charge in [-0.2, -0.15) is 0 Å². The number of furan rings is 1. The fourth-order valence-corrected chi connectivity index (χ4v) is 3.85. The van der Waals surface area contributed by atoms with Crippen LogP contribution in [0.25, 0.3) is 11.5 Å². The number of rotatable bonds is 7. The molecule has 0 aliphatic carbocycles. The number of aromatic nitrogens is 1. The maximum atomic E-state index is 5.60. The molecule has 0 atom stereocenters. The number of ether oxygens (including phenoxy) is 1. The summed E-state index contributed by atoms with van der Waals surface area (Å²) >= 11 is 1.67. The van der Waals surface area contributed by atoms with E-state index >= 15 is 0 Å². The summed E-state index contributed by atoms with van der Waals surface area (Å²) in [4.78, 5) is 5.97. The molecule has 2 aromatic heterocycles. The highest BCUT2D eigenvalue weighted by molar-refractivity contribution is 7.16. The highest BCUT2D eigenvalue weighted by Crippen LogP contribution is 2.33. The molecule has 2 heterocycles. The van der Waals surface area contributed by atoms with E-state index in [9.17, 15) is 0 Å². The number of methoxy groups -OCH3 is 1. The first-order valence-electron chi connectivity index (χ1n) is 8.76. The molecule has 2 aromatic carbocycles. The maximum Gasteiger partial charge on any atom is 0.183 e. The Bertz CT molecular complexity index is 977. The van der Waals surface area contributed by atoms with E-state index in [0.29, 0.717) is 6.54 Å². The van der Waals surface area contributed by atoms with Crippen molar-refractivity contribution < 1.29 is 9.15 Å². The summed E-state index contributed by atoms with van der Waals surface area (Å²) in [6, 6.07) is 22.3. The van der Waals surface area contributed by atoms with Crippen LogP contribution < -0.4 is 10.1 Å². The molecule has 4 aromatic rings. The zero-order valence-electron chi connectivity index (χ0n) is 15.0. The molecular weight excluding hydrogens is 356 g/mol. The molecule has 27 heavy (non-hydrogen) atoms. The molecule has 0 amide bonds. The number of benzene rings is 2. The average Bonchev–Trinajstić information content (AvgIpc) is 3.37. The molecule has 136 valence electrons. The van der Waals surface area contributed by atoms with Crippen LogP contribution in [0.4, 0.5) is 5.13 Å². The van der Waals surface area contributed by atoms with Crippen LogP contribution in [-0.4, -0.2) is 12.1 Å². The van der Waals surface area contributed by atoms with E-state index in [-0.39, 0.29) is 0 Å². The summed E-state index contributed by atoms with van der Waals surface area (Å²) in [7, 11) is 1.67. The third-order valence-electron chi connectivity index (χ3n) is 4.26. The van der Waals surface area contributed by atoms with Gasteiger partial charge in [-0.15, -0.1) is 11.3 Å². The van der Waals surface area contributed by atoms with E-state index in [2.05, 4.69) is 41.7 Å². The van der Waals surface area contributed by atoms with Gasteiger partial charge in [0.25, 0.3) is 0 Å². The van der Waals surface area contributed by atoms with Crippen molar-refractivity contribution in [3.63, 3.8) is 0 Å². The molecule has 4 nitrogen and oxygen atoms in total. The van der Waals surface area contributed by atoms with Gasteiger partial charge in [-0.25, -0.2) is 4.98 Å². The summed E-state index contributed by atoms with van der Waals surface area (Å²) in [5.74, 6) is 1.66. The van der Waals surface area contributed by atoms with E-state index in [1.54, 1.807) is 24.7 Å². The van der Waals surface area contributed by atoms with Crippen molar-refractivity contribution in [2.75, 3.05) is 12.4 Å². The second-order valence-electron chi connectivity index (χ2n) is 6.13. The average molecular weight is 376 g/mol. The largest absolute Gasteiger partial charge is 0.497 e. The minimum Gasteiger partial charge on any atom is -0.497 e. The SMILES string of the molecule is COc1ccc(CNc2nc(-c3ccco3)c(Cc3ccccc3)s2)cc1. The van der Waals surface area contributed by atoms with Gasteiger partial charge < -0.3 is 14.5 Å². The Morgan fingerprint density at radius 2 is 1.78 bits per heavy atom.